The second kappa shape index (κ2) is 4.72. The van der Waals surface area contributed by atoms with Gasteiger partial charge in [-0.1, -0.05) is 6.92 Å². The highest BCUT2D eigenvalue weighted by atomic mass is 15.3. The minimum Gasteiger partial charge on any atom is -0.354 e. The lowest BCUT2D eigenvalue weighted by molar-refractivity contribution is 0.266. The fraction of sp³-hybridized carbons (Fsp3) is 0.538. The lowest BCUT2D eigenvalue weighted by Crippen LogP contribution is -2.34. The summed E-state index contributed by atoms with van der Waals surface area (Å²) in [6.45, 7) is 4.16. The van der Waals surface area contributed by atoms with Crippen LogP contribution in [-0.4, -0.2) is 43.1 Å². The Morgan fingerprint density at radius 3 is 2.82 bits per heavy atom. The van der Waals surface area contributed by atoms with Gasteiger partial charge in [0.25, 0.3) is 0 Å². The summed E-state index contributed by atoms with van der Waals surface area (Å²) in [4.78, 5) is 8.81. The van der Waals surface area contributed by atoms with E-state index in [1.165, 1.54) is 0 Å². The summed E-state index contributed by atoms with van der Waals surface area (Å²) in [5.74, 6) is 1.42. The SMILES string of the molecule is CC1CN(c2ncccc2C#N)CC1N(C)C. The van der Waals surface area contributed by atoms with Crippen molar-refractivity contribution in [1.29, 1.82) is 5.26 Å². The molecule has 1 aliphatic rings. The van der Waals surface area contributed by atoms with Crippen LogP contribution in [-0.2, 0) is 0 Å². The molecule has 2 atom stereocenters. The molecular formula is C13H18N4. The summed E-state index contributed by atoms with van der Waals surface area (Å²) in [5.41, 5.74) is 0.666. The molecule has 0 N–H and O–H groups in total. The number of pyridine rings is 1. The van der Waals surface area contributed by atoms with Crippen molar-refractivity contribution in [3.05, 3.63) is 23.9 Å². The number of likely N-dealkylation sites (N-methyl/N-ethyl adjacent to an activating group) is 1. The van der Waals surface area contributed by atoms with Gasteiger partial charge in [0, 0.05) is 25.3 Å². The van der Waals surface area contributed by atoms with E-state index in [-0.39, 0.29) is 0 Å². The molecule has 2 heterocycles. The number of aromatic nitrogens is 1. The van der Waals surface area contributed by atoms with Crippen molar-refractivity contribution in [2.24, 2.45) is 5.92 Å². The summed E-state index contributed by atoms with van der Waals surface area (Å²) in [5, 5.41) is 9.09. The van der Waals surface area contributed by atoms with Crippen LogP contribution in [0.4, 0.5) is 5.82 Å². The lowest BCUT2D eigenvalue weighted by Gasteiger charge is -2.22. The molecule has 1 fully saturated rings. The van der Waals surface area contributed by atoms with Crippen molar-refractivity contribution < 1.29 is 0 Å². The van der Waals surface area contributed by atoms with Crippen molar-refractivity contribution in [3.63, 3.8) is 0 Å². The van der Waals surface area contributed by atoms with E-state index in [1.807, 2.05) is 12.1 Å². The topological polar surface area (TPSA) is 43.2 Å². The summed E-state index contributed by atoms with van der Waals surface area (Å²) >= 11 is 0. The maximum Gasteiger partial charge on any atom is 0.146 e. The van der Waals surface area contributed by atoms with E-state index in [0.29, 0.717) is 17.5 Å². The van der Waals surface area contributed by atoms with Crippen LogP contribution in [0.3, 0.4) is 0 Å². The Labute approximate surface area is 102 Å². The summed E-state index contributed by atoms with van der Waals surface area (Å²) in [7, 11) is 4.21. The number of hydrogen-bond donors (Lipinski definition) is 0. The van der Waals surface area contributed by atoms with Gasteiger partial charge in [-0.15, -0.1) is 0 Å². The fourth-order valence-corrected chi connectivity index (χ4v) is 2.53. The van der Waals surface area contributed by atoms with Crippen molar-refractivity contribution in [1.82, 2.24) is 9.88 Å². The number of anilines is 1. The normalized spacial score (nSPS) is 24.1. The van der Waals surface area contributed by atoms with Crippen LogP contribution in [0.15, 0.2) is 18.3 Å². The zero-order valence-corrected chi connectivity index (χ0v) is 10.6. The Kier molecular flexibility index (Phi) is 3.30. The van der Waals surface area contributed by atoms with Gasteiger partial charge < -0.3 is 9.80 Å². The van der Waals surface area contributed by atoms with Crippen molar-refractivity contribution in [2.45, 2.75) is 13.0 Å². The minimum atomic E-state index is 0.531. The molecule has 90 valence electrons. The van der Waals surface area contributed by atoms with Crippen LogP contribution in [0.1, 0.15) is 12.5 Å². The zero-order chi connectivity index (χ0) is 12.4. The molecule has 0 saturated carbocycles. The summed E-state index contributed by atoms with van der Waals surface area (Å²) in [6, 6.07) is 6.38. The first kappa shape index (κ1) is 11.9. The van der Waals surface area contributed by atoms with Gasteiger partial charge in [-0.25, -0.2) is 4.98 Å². The van der Waals surface area contributed by atoms with E-state index in [4.69, 9.17) is 5.26 Å². The molecule has 0 amide bonds. The Bertz CT molecular complexity index is 435. The molecule has 1 saturated heterocycles. The van der Waals surface area contributed by atoms with Crippen molar-refractivity contribution in [2.75, 3.05) is 32.1 Å². The first-order valence-corrected chi connectivity index (χ1v) is 5.90. The predicted molar refractivity (Wildman–Crippen MR) is 67.8 cm³/mol. The first-order valence-electron chi connectivity index (χ1n) is 5.90. The average molecular weight is 230 g/mol. The van der Waals surface area contributed by atoms with Gasteiger partial charge in [0.05, 0.1) is 5.56 Å². The molecule has 0 aliphatic carbocycles. The lowest BCUT2D eigenvalue weighted by atomic mass is 10.1. The van der Waals surface area contributed by atoms with Gasteiger partial charge in [-0.3, -0.25) is 0 Å². The molecule has 4 nitrogen and oxygen atoms in total. The largest absolute Gasteiger partial charge is 0.354 e. The molecule has 1 aromatic heterocycles. The number of nitriles is 1. The van der Waals surface area contributed by atoms with Crippen LogP contribution in [0, 0.1) is 17.2 Å². The summed E-state index contributed by atoms with van der Waals surface area (Å²) < 4.78 is 0. The monoisotopic (exact) mass is 230 g/mol. The van der Waals surface area contributed by atoms with Crippen LogP contribution in [0.25, 0.3) is 0 Å². The smallest absolute Gasteiger partial charge is 0.146 e. The van der Waals surface area contributed by atoms with Gasteiger partial charge in [0.2, 0.25) is 0 Å². The highest BCUT2D eigenvalue weighted by Crippen LogP contribution is 2.26. The van der Waals surface area contributed by atoms with Crippen molar-refractivity contribution >= 4 is 5.82 Å². The third-order valence-corrected chi connectivity index (χ3v) is 3.44. The van der Waals surface area contributed by atoms with E-state index >= 15 is 0 Å². The van der Waals surface area contributed by atoms with Crippen LogP contribution >= 0.6 is 0 Å². The molecule has 0 radical (unpaired) electrons. The van der Waals surface area contributed by atoms with Crippen LogP contribution in [0.2, 0.25) is 0 Å². The van der Waals surface area contributed by atoms with E-state index in [0.717, 1.165) is 18.9 Å². The maximum absolute atomic E-state index is 9.09. The fourth-order valence-electron chi connectivity index (χ4n) is 2.53. The summed E-state index contributed by atoms with van der Waals surface area (Å²) in [6.07, 6.45) is 1.75. The van der Waals surface area contributed by atoms with Gasteiger partial charge in [-0.05, 0) is 32.1 Å². The van der Waals surface area contributed by atoms with E-state index in [1.54, 1.807) is 6.20 Å². The van der Waals surface area contributed by atoms with E-state index in [9.17, 15) is 0 Å². The molecule has 0 spiro atoms. The van der Waals surface area contributed by atoms with Gasteiger partial charge in [0.15, 0.2) is 0 Å². The Morgan fingerprint density at radius 2 is 2.24 bits per heavy atom. The minimum absolute atomic E-state index is 0.531. The molecule has 1 aliphatic heterocycles. The maximum atomic E-state index is 9.09. The molecule has 2 unspecified atom stereocenters. The number of hydrogen-bond acceptors (Lipinski definition) is 4. The molecule has 2 rings (SSSR count). The standard InChI is InChI=1S/C13H18N4/c1-10-8-17(9-12(10)16(2)3)13-11(7-14)5-4-6-15-13/h4-6,10,12H,8-9H2,1-3H3. The van der Waals surface area contributed by atoms with Gasteiger partial charge in [0.1, 0.15) is 11.9 Å². The van der Waals surface area contributed by atoms with Crippen LogP contribution in [0.5, 0.6) is 0 Å². The molecule has 17 heavy (non-hydrogen) atoms. The van der Waals surface area contributed by atoms with E-state index in [2.05, 4.69) is 41.9 Å². The van der Waals surface area contributed by atoms with Crippen molar-refractivity contribution in [3.8, 4) is 6.07 Å². The van der Waals surface area contributed by atoms with Gasteiger partial charge in [-0.2, -0.15) is 5.26 Å². The second-order valence-electron chi connectivity index (χ2n) is 4.90. The highest BCUT2D eigenvalue weighted by Gasteiger charge is 2.32. The highest BCUT2D eigenvalue weighted by molar-refractivity contribution is 5.54. The Balaban J connectivity index is 2.23. The van der Waals surface area contributed by atoms with E-state index < -0.39 is 0 Å². The van der Waals surface area contributed by atoms with Gasteiger partial charge >= 0.3 is 0 Å². The quantitative estimate of drug-likeness (QED) is 0.769. The molecular weight excluding hydrogens is 212 g/mol. The zero-order valence-electron chi connectivity index (χ0n) is 10.6. The number of rotatable bonds is 2. The molecule has 0 bridgehead atoms. The predicted octanol–water partition coefficient (Wildman–Crippen LogP) is 1.34. The van der Waals surface area contributed by atoms with Crippen LogP contribution < -0.4 is 4.90 Å². The number of nitrogens with zero attached hydrogens (tertiary/aromatic N) is 4. The average Bonchev–Trinajstić information content (AvgIpc) is 2.71. The Hall–Kier alpha value is -1.60. The third kappa shape index (κ3) is 2.25. The first-order chi connectivity index (χ1) is 8.13. The third-order valence-electron chi connectivity index (χ3n) is 3.44. The second-order valence-corrected chi connectivity index (χ2v) is 4.90. The molecule has 0 aromatic carbocycles. The molecule has 1 aromatic rings. The molecule has 4 heteroatoms. The Morgan fingerprint density at radius 1 is 1.47 bits per heavy atom.